The van der Waals surface area contributed by atoms with E-state index in [1.165, 1.54) is 17.7 Å². The van der Waals surface area contributed by atoms with E-state index >= 15 is 0 Å². The van der Waals surface area contributed by atoms with Gasteiger partial charge in [-0.05, 0) is 50.3 Å². The van der Waals surface area contributed by atoms with E-state index in [0.29, 0.717) is 12.8 Å². The van der Waals surface area contributed by atoms with Crippen LogP contribution < -0.4 is 5.32 Å². The lowest BCUT2D eigenvalue weighted by atomic mass is 9.88. The molecule has 2 rings (SSSR count). The standard InChI is InChI=1S/C26H35NO6S/c1-20(28)22(24(32-2)19-18-21-12-6-4-7-13-21)14-8-5-9-17-26(29)27-23-15-10-11-16-25(23)34(30,31)33-3/h4,6-7,10-13,15-16,22,24H,5,8-9,14,17-19H2,1-3H3,(H,27,29). The number of para-hydroxylation sites is 1. The normalized spacial score (nSPS) is 13.3. The van der Waals surface area contributed by atoms with Crippen molar-refractivity contribution in [1.82, 2.24) is 0 Å². The Morgan fingerprint density at radius 3 is 2.24 bits per heavy atom. The Balaban J connectivity index is 1.80. The number of aryl methyl sites for hydroxylation is 1. The van der Waals surface area contributed by atoms with Gasteiger partial charge in [-0.15, -0.1) is 0 Å². The van der Waals surface area contributed by atoms with Crippen LogP contribution in [-0.4, -0.2) is 40.4 Å². The van der Waals surface area contributed by atoms with Gasteiger partial charge in [0.2, 0.25) is 5.91 Å². The van der Waals surface area contributed by atoms with Gasteiger partial charge in [-0.25, -0.2) is 0 Å². The smallest absolute Gasteiger partial charge is 0.298 e. The summed E-state index contributed by atoms with van der Waals surface area (Å²) in [7, 11) is -1.18. The van der Waals surface area contributed by atoms with E-state index in [1.54, 1.807) is 26.2 Å². The summed E-state index contributed by atoms with van der Waals surface area (Å²) in [5.41, 5.74) is 1.42. The lowest BCUT2D eigenvalue weighted by molar-refractivity contribution is -0.125. The van der Waals surface area contributed by atoms with Gasteiger partial charge in [0, 0.05) is 19.4 Å². The van der Waals surface area contributed by atoms with Gasteiger partial charge in [0.05, 0.1) is 18.9 Å². The Morgan fingerprint density at radius 2 is 1.59 bits per heavy atom. The van der Waals surface area contributed by atoms with Gasteiger partial charge in [-0.1, -0.05) is 55.3 Å². The zero-order chi connectivity index (χ0) is 25.0. The molecule has 186 valence electrons. The van der Waals surface area contributed by atoms with Crippen molar-refractivity contribution in [2.75, 3.05) is 19.5 Å². The highest BCUT2D eigenvalue weighted by atomic mass is 32.2. The molecular formula is C26H35NO6S. The van der Waals surface area contributed by atoms with E-state index in [4.69, 9.17) is 4.74 Å². The van der Waals surface area contributed by atoms with Gasteiger partial charge in [0.1, 0.15) is 10.7 Å². The fourth-order valence-electron chi connectivity index (χ4n) is 4.00. The van der Waals surface area contributed by atoms with Crippen LogP contribution in [0, 0.1) is 5.92 Å². The Bertz CT molecular complexity index is 1020. The lowest BCUT2D eigenvalue weighted by Crippen LogP contribution is -2.29. The number of unbranched alkanes of at least 4 members (excludes halogenated alkanes) is 2. The molecule has 0 aliphatic carbocycles. The van der Waals surface area contributed by atoms with Crippen LogP contribution in [0.15, 0.2) is 59.5 Å². The van der Waals surface area contributed by atoms with Crippen LogP contribution in [0.25, 0.3) is 0 Å². The summed E-state index contributed by atoms with van der Waals surface area (Å²) < 4.78 is 34.2. The maximum Gasteiger partial charge on any atom is 0.298 e. The predicted octanol–water partition coefficient (Wildman–Crippen LogP) is 4.76. The van der Waals surface area contributed by atoms with Gasteiger partial charge in [0.25, 0.3) is 10.1 Å². The molecule has 8 heteroatoms. The molecule has 7 nitrogen and oxygen atoms in total. The zero-order valence-corrected chi connectivity index (χ0v) is 21.0. The second-order valence-corrected chi connectivity index (χ2v) is 9.96. The summed E-state index contributed by atoms with van der Waals surface area (Å²) in [4.78, 5) is 24.5. The molecule has 34 heavy (non-hydrogen) atoms. The van der Waals surface area contributed by atoms with Crippen molar-refractivity contribution < 1.29 is 26.9 Å². The number of anilines is 1. The molecule has 2 aromatic rings. The van der Waals surface area contributed by atoms with Gasteiger partial charge >= 0.3 is 0 Å². The second-order valence-electron chi connectivity index (χ2n) is 8.28. The Labute approximate surface area is 203 Å². The molecule has 1 N–H and O–H groups in total. The van der Waals surface area contributed by atoms with Gasteiger partial charge in [-0.2, -0.15) is 8.42 Å². The van der Waals surface area contributed by atoms with Crippen LogP contribution in [-0.2, 0) is 35.0 Å². The number of rotatable bonds is 15. The minimum Gasteiger partial charge on any atom is -0.381 e. The second kappa shape index (κ2) is 14.0. The highest BCUT2D eigenvalue weighted by Gasteiger charge is 2.25. The number of ether oxygens (including phenoxy) is 1. The molecule has 0 bridgehead atoms. The maximum absolute atomic E-state index is 12.3. The number of benzene rings is 2. The highest BCUT2D eigenvalue weighted by Crippen LogP contribution is 2.24. The van der Waals surface area contributed by atoms with Crippen molar-refractivity contribution >= 4 is 27.5 Å². The molecule has 1 amide bonds. The number of Topliss-reactive ketones (excluding diaryl/α,β-unsaturated/α-hetero) is 1. The third kappa shape index (κ3) is 8.66. The van der Waals surface area contributed by atoms with Crippen LogP contribution in [0.1, 0.15) is 51.0 Å². The molecule has 2 atom stereocenters. The quantitative estimate of drug-likeness (QED) is 0.286. The number of ketones is 1. The van der Waals surface area contributed by atoms with E-state index in [-0.39, 0.29) is 40.7 Å². The Morgan fingerprint density at radius 1 is 0.912 bits per heavy atom. The predicted molar refractivity (Wildman–Crippen MR) is 132 cm³/mol. The molecular weight excluding hydrogens is 454 g/mol. The molecule has 0 aliphatic heterocycles. The molecule has 0 aliphatic rings. The Kier molecular flexibility index (Phi) is 11.4. The number of amides is 1. The van der Waals surface area contributed by atoms with Gasteiger partial charge < -0.3 is 10.1 Å². The fraction of sp³-hybridized carbons (Fsp3) is 0.462. The molecule has 0 saturated heterocycles. The minimum atomic E-state index is -3.91. The molecule has 0 aromatic heterocycles. The van der Waals surface area contributed by atoms with Crippen LogP contribution in [0.3, 0.4) is 0 Å². The number of hydrogen-bond acceptors (Lipinski definition) is 6. The van der Waals surface area contributed by atoms with E-state index in [0.717, 1.165) is 32.8 Å². The van der Waals surface area contributed by atoms with Gasteiger partial charge in [-0.3, -0.25) is 13.8 Å². The maximum atomic E-state index is 12.3. The summed E-state index contributed by atoms with van der Waals surface area (Å²) in [5.74, 6) is -0.318. The van der Waals surface area contributed by atoms with Crippen molar-refractivity contribution in [1.29, 1.82) is 0 Å². The van der Waals surface area contributed by atoms with Crippen LogP contribution in [0.4, 0.5) is 5.69 Å². The topological polar surface area (TPSA) is 98.8 Å². The van der Waals surface area contributed by atoms with Crippen molar-refractivity contribution in [2.45, 2.75) is 62.9 Å². The Hall–Kier alpha value is -2.55. The van der Waals surface area contributed by atoms with Gasteiger partial charge in [0.15, 0.2) is 0 Å². The van der Waals surface area contributed by atoms with E-state index in [1.807, 2.05) is 18.2 Å². The third-order valence-corrected chi connectivity index (χ3v) is 7.24. The number of methoxy groups -OCH3 is 1. The first kappa shape index (κ1) is 27.7. The number of carbonyl (C=O) groups excluding carboxylic acids is 2. The lowest BCUT2D eigenvalue weighted by Gasteiger charge is -2.24. The number of carbonyl (C=O) groups is 2. The molecule has 0 spiro atoms. The summed E-state index contributed by atoms with van der Waals surface area (Å²) in [6, 6.07) is 16.3. The average Bonchev–Trinajstić information content (AvgIpc) is 2.83. The van der Waals surface area contributed by atoms with Crippen molar-refractivity contribution in [3.8, 4) is 0 Å². The SMILES string of the molecule is COC(CCc1ccccc1)C(CCCCCC(=O)Nc1ccccc1S(=O)(=O)OC)C(C)=O. The third-order valence-electron chi connectivity index (χ3n) is 5.90. The first-order chi connectivity index (χ1) is 16.3. The van der Waals surface area contributed by atoms with Crippen molar-refractivity contribution in [3.63, 3.8) is 0 Å². The summed E-state index contributed by atoms with van der Waals surface area (Å²) in [6.07, 6.45) is 4.67. The van der Waals surface area contributed by atoms with Crippen LogP contribution in [0.2, 0.25) is 0 Å². The summed E-state index contributed by atoms with van der Waals surface area (Å²) in [6.45, 7) is 1.61. The van der Waals surface area contributed by atoms with Crippen LogP contribution in [0.5, 0.6) is 0 Å². The summed E-state index contributed by atoms with van der Waals surface area (Å²) in [5, 5.41) is 2.66. The van der Waals surface area contributed by atoms with E-state index in [9.17, 15) is 18.0 Å². The molecule has 0 saturated carbocycles. The molecule has 0 fully saturated rings. The van der Waals surface area contributed by atoms with E-state index in [2.05, 4.69) is 21.6 Å². The molecule has 0 radical (unpaired) electrons. The summed E-state index contributed by atoms with van der Waals surface area (Å²) >= 11 is 0. The van der Waals surface area contributed by atoms with E-state index < -0.39 is 10.1 Å². The van der Waals surface area contributed by atoms with Crippen LogP contribution >= 0.6 is 0 Å². The monoisotopic (exact) mass is 489 g/mol. The van der Waals surface area contributed by atoms with Crippen molar-refractivity contribution in [2.24, 2.45) is 5.92 Å². The first-order valence-electron chi connectivity index (χ1n) is 11.5. The zero-order valence-electron chi connectivity index (χ0n) is 20.2. The van der Waals surface area contributed by atoms with Crippen molar-refractivity contribution in [3.05, 3.63) is 60.2 Å². The number of hydrogen-bond donors (Lipinski definition) is 1. The fourth-order valence-corrected chi connectivity index (χ4v) is 4.82. The molecule has 2 aromatic carbocycles. The first-order valence-corrected chi connectivity index (χ1v) is 13.0. The largest absolute Gasteiger partial charge is 0.381 e. The highest BCUT2D eigenvalue weighted by molar-refractivity contribution is 7.87. The minimum absolute atomic E-state index is 0.0729. The number of nitrogens with one attached hydrogen (secondary N) is 1. The molecule has 2 unspecified atom stereocenters. The average molecular weight is 490 g/mol. The molecule has 0 heterocycles.